The Morgan fingerprint density at radius 1 is 1.20 bits per heavy atom. The van der Waals surface area contributed by atoms with E-state index in [1.54, 1.807) is 0 Å². The molecule has 0 aliphatic rings. The van der Waals surface area contributed by atoms with E-state index in [1.165, 1.54) is 30.2 Å². The molecule has 1 amide bonds. The van der Waals surface area contributed by atoms with E-state index in [0.717, 1.165) is 27.3 Å². The number of aromatic nitrogens is 3. The van der Waals surface area contributed by atoms with Gasteiger partial charge in [0.25, 0.3) is 0 Å². The van der Waals surface area contributed by atoms with Crippen molar-refractivity contribution in [1.29, 1.82) is 0 Å². The van der Waals surface area contributed by atoms with Gasteiger partial charge in [-0.15, -0.1) is 21.5 Å². The molecular formula is C25H32N4O4S2. The summed E-state index contributed by atoms with van der Waals surface area (Å²) in [6.45, 7) is 12.6. The van der Waals surface area contributed by atoms with Gasteiger partial charge in [0.05, 0.1) is 18.4 Å². The smallest absolute Gasteiger partial charge is 0.341 e. The van der Waals surface area contributed by atoms with Crippen molar-refractivity contribution in [2.75, 3.05) is 18.2 Å². The van der Waals surface area contributed by atoms with Crippen LogP contribution >= 0.6 is 23.1 Å². The summed E-state index contributed by atoms with van der Waals surface area (Å²) >= 11 is 2.68. The van der Waals surface area contributed by atoms with Crippen molar-refractivity contribution in [2.45, 2.75) is 65.8 Å². The lowest BCUT2D eigenvalue weighted by molar-refractivity contribution is -0.113. The number of nitrogens with zero attached hydrogens (tertiary/aromatic N) is 3. The maximum Gasteiger partial charge on any atom is 0.341 e. The zero-order valence-corrected chi connectivity index (χ0v) is 22.9. The summed E-state index contributed by atoms with van der Waals surface area (Å²) in [5, 5.41) is 12.7. The third-order valence-electron chi connectivity index (χ3n) is 5.82. The molecule has 2 aromatic heterocycles. The minimum Gasteiger partial charge on any atom is -0.482 e. The predicted molar refractivity (Wildman–Crippen MR) is 140 cm³/mol. The van der Waals surface area contributed by atoms with Gasteiger partial charge in [-0.1, -0.05) is 30.8 Å². The summed E-state index contributed by atoms with van der Waals surface area (Å²) in [4.78, 5) is 26.0. The summed E-state index contributed by atoms with van der Waals surface area (Å²) in [5.41, 5.74) is 3.59. The van der Waals surface area contributed by atoms with Gasteiger partial charge in [-0.05, 0) is 63.8 Å². The number of anilines is 1. The monoisotopic (exact) mass is 516 g/mol. The van der Waals surface area contributed by atoms with E-state index < -0.39 is 5.97 Å². The van der Waals surface area contributed by atoms with Gasteiger partial charge >= 0.3 is 5.97 Å². The number of methoxy groups -OCH3 is 1. The predicted octanol–water partition coefficient (Wildman–Crippen LogP) is 5.50. The molecule has 1 unspecified atom stereocenters. The number of carbonyl (C=O) groups is 2. The minimum atomic E-state index is -0.442. The van der Waals surface area contributed by atoms with Crippen LogP contribution in [0.4, 0.5) is 5.00 Å². The number of thioether (sulfide) groups is 1. The highest BCUT2D eigenvalue weighted by Crippen LogP contribution is 2.34. The zero-order valence-electron chi connectivity index (χ0n) is 21.2. The average Bonchev–Trinajstić information content (AvgIpc) is 3.39. The molecule has 1 atom stereocenters. The standard InChI is InChI=1S/C25H32N4O4S2/c1-8-18-17(6)35-23(21(18)24(31)32-7)26-20(30)13-34-25-28-27-22(29(25)9-2)16(5)33-19-12-10-11-14(3)15(19)4/h10-12,16H,8-9,13H2,1-7H3,(H,26,30). The quantitative estimate of drug-likeness (QED) is 0.281. The van der Waals surface area contributed by atoms with Gasteiger partial charge in [0.2, 0.25) is 5.91 Å². The van der Waals surface area contributed by atoms with Crippen LogP contribution in [0.1, 0.15) is 64.6 Å². The number of nitrogens with one attached hydrogen (secondary N) is 1. The van der Waals surface area contributed by atoms with E-state index in [-0.39, 0.29) is 17.8 Å². The second-order valence-corrected chi connectivity index (χ2v) is 10.2. The molecule has 0 saturated carbocycles. The molecule has 0 aliphatic carbocycles. The number of ether oxygens (including phenoxy) is 2. The number of carbonyl (C=O) groups excluding carboxylic acids is 2. The molecule has 0 spiro atoms. The lowest BCUT2D eigenvalue weighted by Crippen LogP contribution is -2.17. The maximum atomic E-state index is 12.7. The van der Waals surface area contributed by atoms with Gasteiger partial charge in [0, 0.05) is 11.4 Å². The number of amides is 1. The molecule has 0 aliphatic heterocycles. The fourth-order valence-corrected chi connectivity index (χ4v) is 5.76. The van der Waals surface area contributed by atoms with E-state index in [9.17, 15) is 9.59 Å². The molecular weight excluding hydrogens is 484 g/mol. The van der Waals surface area contributed by atoms with Crippen molar-refractivity contribution in [3.8, 4) is 5.75 Å². The first-order valence-corrected chi connectivity index (χ1v) is 13.3. The third-order valence-corrected chi connectivity index (χ3v) is 7.85. The Kier molecular flexibility index (Phi) is 8.96. The molecule has 3 rings (SSSR count). The Morgan fingerprint density at radius 2 is 1.94 bits per heavy atom. The summed E-state index contributed by atoms with van der Waals surface area (Å²) in [6, 6.07) is 5.97. The van der Waals surface area contributed by atoms with Crippen LogP contribution in [0.15, 0.2) is 23.4 Å². The Balaban J connectivity index is 1.71. The first-order valence-electron chi connectivity index (χ1n) is 11.5. The van der Waals surface area contributed by atoms with Crippen molar-refractivity contribution < 1.29 is 19.1 Å². The topological polar surface area (TPSA) is 95.3 Å². The Labute approximate surface area is 214 Å². The van der Waals surface area contributed by atoms with Crippen molar-refractivity contribution in [3.63, 3.8) is 0 Å². The highest BCUT2D eigenvalue weighted by Gasteiger charge is 2.24. The maximum absolute atomic E-state index is 12.7. The molecule has 2 heterocycles. The summed E-state index contributed by atoms with van der Waals surface area (Å²) in [5.74, 6) is 0.975. The number of rotatable bonds is 10. The third kappa shape index (κ3) is 5.87. The van der Waals surface area contributed by atoms with Crippen molar-refractivity contribution in [2.24, 2.45) is 0 Å². The van der Waals surface area contributed by atoms with Gasteiger partial charge in [-0.25, -0.2) is 4.79 Å². The fraction of sp³-hybridized carbons (Fsp3) is 0.440. The van der Waals surface area contributed by atoms with Crippen LogP contribution in [0.25, 0.3) is 0 Å². The van der Waals surface area contributed by atoms with Crippen LogP contribution in [0.2, 0.25) is 0 Å². The molecule has 0 radical (unpaired) electrons. The number of hydrogen-bond donors (Lipinski definition) is 1. The second-order valence-electron chi connectivity index (χ2n) is 8.07. The summed E-state index contributed by atoms with van der Waals surface area (Å²) in [7, 11) is 1.34. The Morgan fingerprint density at radius 3 is 2.60 bits per heavy atom. The molecule has 188 valence electrons. The molecule has 1 aromatic carbocycles. The van der Waals surface area contributed by atoms with Gasteiger partial charge < -0.3 is 19.4 Å². The molecule has 35 heavy (non-hydrogen) atoms. The van der Waals surface area contributed by atoms with Crippen LogP contribution in [-0.2, 0) is 22.5 Å². The Hall–Kier alpha value is -2.85. The van der Waals surface area contributed by atoms with E-state index in [1.807, 2.05) is 51.3 Å². The van der Waals surface area contributed by atoms with Crippen molar-refractivity contribution in [1.82, 2.24) is 14.8 Å². The Bertz CT molecular complexity index is 1220. The molecule has 3 aromatic rings. The van der Waals surface area contributed by atoms with Crippen LogP contribution in [-0.4, -0.2) is 39.5 Å². The average molecular weight is 517 g/mol. The highest BCUT2D eigenvalue weighted by atomic mass is 32.2. The number of aryl methyl sites for hydroxylation is 2. The highest BCUT2D eigenvalue weighted by molar-refractivity contribution is 7.99. The SMILES string of the molecule is CCc1c(C)sc(NC(=O)CSc2nnc(C(C)Oc3cccc(C)c3C)n2CC)c1C(=O)OC. The second kappa shape index (κ2) is 11.7. The first kappa shape index (κ1) is 26.7. The number of esters is 1. The van der Waals surface area contributed by atoms with Crippen molar-refractivity contribution >= 4 is 40.0 Å². The lowest BCUT2D eigenvalue weighted by Gasteiger charge is -2.17. The molecule has 0 saturated heterocycles. The van der Waals surface area contributed by atoms with E-state index in [2.05, 4.69) is 28.5 Å². The van der Waals surface area contributed by atoms with Gasteiger partial charge in [-0.2, -0.15) is 0 Å². The van der Waals surface area contributed by atoms with Gasteiger partial charge in [0.15, 0.2) is 17.1 Å². The molecule has 0 bridgehead atoms. The van der Waals surface area contributed by atoms with E-state index >= 15 is 0 Å². The minimum absolute atomic E-state index is 0.128. The van der Waals surface area contributed by atoms with Crippen LogP contribution in [0.5, 0.6) is 5.75 Å². The number of hydrogen-bond acceptors (Lipinski definition) is 8. The molecule has 0 fully saturated rings. The van der Waals surface area contributed by atoms with Gasteiger partial charge in [-0.3, -0.25) is 4.79 Å². The van der Waals surface area contributed by atoms with Crippen LogP contribution in [0.3, 0.4) is 0 Å². The lowest BCUT2D eigenvalue weighted by atomic mass is 10.1. The first-order chi connectivity index (χ1) is 16.7. The molecule has 1 N–H and O–H groups in total. The summed E-state index contributed by atoms with van der Waals surface area (Å²) < 4.78 is 13.1. The number of thiophene rings is 1. The zero-order chi connectivity index (χ0) is 25.7. The molecule has 8 nitrogen and oxygen atoms in total. The normalized spacial score (nSPS) is 11.9. The number of benzene rings is 1. The van der Waals surface area contributed by atoms with E-state index in [4.69, 9.17) is 9.47 Å². The summed E-state index contributed by atoms with van der Waals surface area (Å²) in [6.07, 6.45) is 0.373. The van der Waals surface area contributed by atoms with Crippen molar-refractivity contribution in [3.05, 3.63) is 51.2 Å². The van der Waals surface area contributed by atoms with Crippen LogP contribution in [0, 0.1) is 20.8 Å². The fourth-order valence-electron chi connectivity index (χ4n) is 3.80. The van der Waals surface area contributed by atoms with E-state index in [0.29, 0.717) is 34.5 Å². The van der Waals surface area contributed by atoms with Gasteiger partial charge in [0.1, 0.15) is 10.8 Å². The largest absolute Gasteiger partial charge is 0.482 e. The van der Waals surface area contributed by atoms with Crippen LogP contribution < -0.4 is 10.1 Å². The molecule has 10 heteroatoms.